The molecule has 0 bridgehead atoms. The molecule has 1 rings (SSSR count). The molecule has 0 radical (unpaired) electrons. The number of hydrogen-bond acceptors (Lipinski definition) is 1. The van der Waals surface area contributed by atoms with Crippen LogP contribution >= 0.6 is 0 Å². The molecule has 1 heterocycles. The van der Waals surface area contributed by atoms with Gasteiger partial charge in [-0.3, -0.25) is 4.68 Å². The maximum Gasteiger partial charge on any atom is 0.163 e. The first-order chi connectivity index (χ1) is 4.72. The molecule has 0 amide bonds. The van der Waals surface area contributed by atoms with Crippen LogP contribution in [0.2, 0.25) is 0 Å². The minimum Gasteiger partial charge on any atom is -0.270 e. The van der Waals surface area contributed by atoms with E-state index in [1.54, 1.807) is 14.0 Å². The SMILES string of the molecule is CC.Cc1c(F)cnn1C. The molecule has 0 fully saturated rings. The summed E-state index contributed by atoms with van der Waals surface area (Å²) in [7, 11) is 1.71. The zero-order valence-corrected chi connectivity index (χ0v) is 6.85. The van der Waals surface area contributed by atoms with Crippen molar-refractivity contribution in [1.29, 1.82) is 0 Å². The van der Waals surface area contributed by atoms with Gasteiger partial charge in [0.2, 0.25) is 0 Å². The van der Waals surface area contributed by atoms with Gasteiger partial charge in [-0.05, 0) is 6.92 Å². The second-order valence-electron chi connectivity index (χ2n) is 1.70. The molecule has 0 aliphatic heterocycles. The molecule has 58 valence electrons. The highest BCUT2D eigenvalue weighted by Crippen LogP contribution is 2.00. The standard InChI is InChI=1S/C5H7FN2.C2H6/c1-4-5(6)3-7-8(4)2;1-2/h3H,1-2H3;1-2H3. The first kappa shape index (κ1) is 9.14. The van der Waals surface area contributed by atoms with Crippen LogP contribution in [0.5, 0.6) is 0 Å². The lowest BCUT2D eigenvalue weighted by molar-refractivity contribution is 0.610. The topological polar surface area (TPSA) is 17.8 Å². The summed E-state index contributed by atoms with van der Waals surface area (Å²) in [6, 6.07) is 0. The average Bonchev–Trinajstić information content (AvgIpc) is 2.25. The van der Waals surface area contributed by atoms with E-state index in [-0.39, 0.29) is 5.82 Å². The molecule has 0 saturated carbocycles. The molecular formula is C7H13FN2. The van der Waals surface area contributed by atoms with E-state index in [4.69, 9.17) is 0 Å². The van der Waals surface area contributed by atoms with Crippen LogP contribution in [0.15, 0.2) is 6.20 Å². The zero-order valence-electron chi connectivity index (χ0n) is 6.85. The highest BCUT2D eigenvalue weighted by Gasteiger charge is 1.98. The van der Waals surface area contributed by atoms with Crippen molar-refractivity contribution < 1.29 is 4.39 Å². The first-order valence-corrected chi connectivity index (χ1v) is 3.36. The van der Waals surface area contributed by atoms with Gasteiger partial charge in [0, 0.05) is 7.05 Å². The Labute approximate surface area is 60.7 Å². The van der Waals surface area contributed by atoms with Crippen LogP contribution in [-0.2, 0) is 7.05 Å². The van der Waals surface area contributed by atoms with Gasteiger partial charge in [0.15, 0.2) is 5.82 Å². The minimum absolute atomic E-state index is 0.243. The largest absolute Gasteiger partial charge is 0.270 e. The van der Waals surface area contributed by atoms with E-state index in [1.165, 1.54) is 10.9 Å². The van der Waals surface area contributed by atoms with Crippen LogP contribution < -0.4 is 0 Å². The van der Waals surface area contributed by atoms with Crippen molar-refractivity contribution in [2.45, 2.75) is 20.8 Å². The Morgan fingerprint density at radius 3 is 2.10 bits per heavy atom. The van der Waals surface area contributed by atoms with Crippen molar-refractivity contribution in [3.8, 4) is 0 Å². The predicted molar refractivity (Wildman–Crippen MR) is 39.3 cm³/mol. The number of aromatic nitrogens is 2. The van der Waals surface area contributed by atoms with E-state index in [9.17, 15) is 4.39 Å². The van der Waals surface area contributed by atoms with Crippen molar-refractivity contribution in [2.75, 3.05) is 0 Å². The molecule has 1 aromatic rings. The van der Waals surface area contributed by atoms with Crippen LogP contribution in [0.1, 0.15) is 19.5 Å². The van der Waals surface area contributed by atoms with Crippen LogP contribution in [0, 0.1) is 12.7 Å². The first-order valence-electron chi connectivity index (χ1n) is 3.36. The van der Waals surface area contributed by atoms with Gasteiger partial charge in [0.05, 0.1) is 11.9 Å². The summed E-state index contributed by atoms with van der Waals surface area (Å²) in [5.74, 6) is -0.243. The molecule has 0 aliphatic rings. The molecule has 0 atom stereocenters. The van der Waals surface area contributed by atoms with Crippen molar-refractivity contribution in [2.24, 2.45) is 7.05 Å². The summed E-state index contributed by atoms with van der Waals surface area (Å²) in [5, 5.41) is 3.66. The lowest BCUT2D eigenvalue weighted by Gasteiger charge is -1.88. The molecule has 1 aromatic heterocycles. The predicted octanol–water partition coefficient (Wildman–Crippen LogP) is 1.89. The molecule has 2 nitrogen and oxygen atoms in total. The van der Waals surface area contributed by atoms with Gasteiger partial charge in [0.1, 0.15) is 0 Å². The summed E-state index contributed by atoms with van der Waals surface area (Å²) >= 11 is 0. The summed E-state index contributed by atoms with van der Waals surface area (Å²) in [6.45, 7) is 5.68. The number of hydrogen-bond donors (Lipinski definition) is 0. The smallest absolute Gasteiger partial charge is 0.163 e. The summed E-state index contributed by atoms with van der Waals surface area (Å²) in [4.78, 5) is 0. The Bertz CT molecular complexity index is 174. The molecule has 0 aromatic carbocycles. The second kappa shape index (κ2) is 4.04. The fourth-order valence-corrected chi connectivity index (χ4v) is 0.472. The lowest BCUT2D eigenvalue weighted by Crippen LogP contribution is -1.92. The molecule has 0 aliphatic carbocycles. The molecule has 0 unspecified atom stereocenters. The summed E-state index contributed by atoms with van der Waals surface area (Å²) in [5.41, 5.74) is 0.574. The van der Waals surface area contributed by atoms with Crippen LogP contribution in [0.4, 0.5) is 4.39 Å². The molecular weight excluding hydrogens is 131 g/mol. The van der Waals surface area contributed by atoms with Crippen LogP contribution in [-0.4, -0.2) is 9.78 Å². The number of aryl methyl sites for hydroxylation is 1. The van der Waals surface area contributed by atoms with Crippen molar-refractivity contribution >= 4 is 0 Å². The van der Waals surface area contributed by atoms with Gasteiger partial charge >= 0.3 is 0 Å². The molecule has 0 spiro atoms. The maximum absolute atomic E-state index is 12.3. The Morgan fingerprint density at radius 2 is 2.00 bits per heavy atom. The Balaban J connectivity index is 0.000000371. The lowest BCUT2D eigenvalue weighted by atomic mass is 10.5. The second-order valence-corrected chi connectivity index (χ2v) is 1.70. The fraction of sp³-hybridized carbons (Fsp3) is 0.571. The minimum atomic E-state index is -0.243. The van der Waals surface area contributed by atoms with Gasteiger partial charge in [-0.25, -0.2) is 4.39 Å². The zero-order chi connectivity index (χ0) is 8.15. The third kappa shape index (κ3) is 1.83. The van der Waals surface area contributed by atoms with Gasteiger partial charge in [-0.1, -0.05) is 13.8 Å². The van der Waals surface area contributed by atoms with Gasteiger partial charge in [-0.2, -0.15) is 5.10 Å². The Kier molecular flexibility index (Phi) is 3.69. The maximum atomic E-state index is 12.3. The molecule has 0 saturated heterocycles. The Morgan fingerprint density at radius 1 is 1.50 bits per heavy atom. The highest BCUT2D eigenvalue weighted by molar-refractivity contribution is 4.99. The summed E-state index contributed by atoms with van der Waals surface area (Å²) < 4.78 is 13.8. The van der Waals surface area contributed by atoms with E-state index < -0.39 is 0 Å². The molecule has 3 heteroatoms. The molecule has 10 heavy (non-hydrogen) atoms. The van der Waals surface area contributed by atoms with E-state index in [2.05, 4.69) is 5.10 Å². The Hall–Kier alpha value is -0.860. The number of nitrogens with zero attached hydrogens (tertiary/aromatic N) is 2. The number of halogens is 1. The van der Waals surface area contributed by atoms with Crippen molar-refractivity contribution in [3.05, 3.63) is 17.7 Å². The van der Waals surface area contributed by atoms with Gasteiger partial charge < -0.3 is 0 Å². The van der Waals surface area contributed by atoms with E-state index in [0.29, 0.717) is 5.69 Å². The quantitative estimate of drug-likeness (QED) is 0.543. The van der Waals surface area contributed by atoms with Crippen molar-refractivity contribution in [1.82, 2.24) is 9.78 Å². The third-order valence-corrected chi connectivity index (χ3v) is 1.18. The third-order valence-electron chi connectivity index (χ3n) is 1.18. The normalized spacial score (nSPS) is 8.50. The molecule has 0 N–H and O–H groups in total. The van der Waals surface area contributed by atoms with E-state index in [1.807, 2.05) is 13.8 Å². The average molecular weight is 144 g/mol. The van der Waals surface area contributed by atoms with E-state index >= 15 is 0 Å². The van der Waals surface area contributed by atoms with Gasteiger partial charge in [0.25, 0.3) is 0 Å². The fourth-order valence-electron chi connectivity index (χ4n) is 0.472. The van der Waals surface area contributed by atoms with Crippen LogP contribution in [0.25, 0.3) is 0 Å². The van der Waals surface area contributed by atoms with Crippen LogP contribution in [0.3, 0.4) is 0 Å². The highest BCUT2D eigenvalue weighted by atomic mass is 19.1. The van der Waals surface area contributed by atoms with E-state index in [0.717, 1.165) is 0 Å². The summed E-state index contributed by atoms with van der Waals surface area (Å²) in [6.07, 6.45) is 1.20. The number of rotatable bonds is 0. The van der Waals surface area contributed by atoms with Crippen molar-refractivity contribution in [3.63, 3.8) is 0 Å². The monoisotopic (exact) mass is 144 g/mol. The van der Waals surface area contributed by atoms with Gasteiger partial charge in [-0.15, -0.1) is 0 Å².